The van der Waals surface area contributed by atoms with Crippen molar-refractivity contribution in [2.75, 3.05) is 44.9 Å². The maximum Gasteiger partial charge on any atom is 0.225 e. The number of ether oxygens (including phenoxy) is 1. The Kier molecular flexibility index (Phi) is 6.97. The molecule has 0 unspecified atom stereocenters. The lowest BCUT2D eigenvalue weighted by molar-refractivity contribution is -0.116. The lowest BCUT2D eigenvalue weighted by Crippen LogP contribution is -2.26. The van der Waals surface area contributed by atoms with Gasteiger partial charge in [0.05, 0.1) is 11.4 Å². The van der Waals surface area contributed by atoms with Crippen LogP contribution in [0.3, 0.4) is 0 Å². The van der Waals surface area contributed by atoms with Crippen LogP contribution >= 0.6 is 0 Å². The molecular formula is C14H22FN3O2. The van der Waals surface area contributed by atoms with E-state index in [4.69, 9.17) is 10.5 Å². The molecule has 112 valence electrons. The first-order valence-electron chi connectivity index (χ1n) is 6.55. The van der Waals surface area contributed by atoms with Crippen molar-refractivity contribution in [3.8, 4) is 0 Å². The Labute approximate surface area is 118 Å². The number of amides is 1. The molecule has 20 heavy (non-hydrogen) atoms. The molecule has 0 bridgehead atoms. The molecule has 1 rings (SSSR count). The number of hydrogen-bond acceptors (Lipinski definition) is 4. The van der Waals surface area contributed by atoms with E-state index in [-0.39, 0.29) is 11.6 Å². The van der Waals surface area contributed by atoms with Gasteiger partial charge in [0.25, 0.3) is 0 Å². The molecule has 6 heteroatoms. The molecule has 0 fully saturated rings. The van der Waals surface area contributed by atoms with E-state index in [0.29, 0.717) is 25.3 Å². The molecule has 5 nitrogen and oxygen atoms in total. The van der Waals surface area contributed by atoms with E-state index in [2.05, 4.69) is 10.2 Å². The molecule has 1 amide bonds. The monoisotopic (exact) mass is 283 g/mol. The van der Waals surface area contributed by atoms with Gasteiger partial charge in [0.2, 0.25) is 5.91 Å². The largest absolute Gasteiger partial charge is 0.397 e. The molecule has 1 aromatic carbocycles. The highest BCUT2D eigenvalue weighted by Crippen LogP contribution is 2.19. The van der Waals surface area contributed by atoms with E-state index in [1.165, 1.54) is 18.2 Å². The summed E-state index contributed by atoms with van der Waals surface area (Å²) in [5.41, 5.74) is 6.30. The molecule has 0 aromatic heterocycles. The zero-order valence-corrected chi connectivity index (χ0v) is 12.0. The standard InChI is InChI=1S/C14H22FN3O2/c1-18(7-3-9-20-2)8-6-14(19)17-13-5-4-11(15)10-12(13)16/h4-5,10H,3,6-9,16H2,1-2H3,(H,17,19). The van der Waals surface area contributed by atoms with Gasteiger partial charge in [-0.2, -0.15) is 0 Å². The van der Waals surface area contributed by atoms with Crippen molar-refractivity contribution < 1.29 is 13.9 Å². The summed E-state index contributed by atoms with van der Waals surface area (Å²) in [4.78, 5) is 13.8. The van der Waals surface area contributed by atoms with E-state index in [0.717, 1.165) is 13.0 Å². The number of methoxy groups -OCH3 is 1. The molecule has 0 atom stereocenters. The molecule has 0 aliphatic carbocycles. The first kappa shape index (κ1) is 16.4. The van der Waals surface area contributed by atoms with Gasteiger partial charge in [-0.15, -0.1) is 0 Å². The molecule has 0 aliphatic heterocycles. The zero-order valence-electron chi connectivity index (χ0n) is 12.0. The number of halogens is 1. The quantitative estimate of drug-likeness (QED) is 0.563. The van der Waals surface area contributed by atoms with Crippen LogP contribution in [0, 0.1) is 5.82 Å². The van der Waals surface area contributed by atoms with Crippen LogP contribution in [0.5, 0.6) is 0 Å². The summed E-state index contributed by atoms with van der Waals surface area (Å²) in [6.07, 6.45) is 1.29. The Hall–Kier alpha value is -1.66. The van der Waals surface area contributed by atoms with Gasteiger partial charge in [0, 0.05) is 33.2 Å². The fraction of sp³-hybridized carbons (Fsp3) is 0.500. The number of hydrogen-bond donors (Lipinski definition) is 2. The van der Waals surface area contributed by atoms with Crippen molar-refractivity contribution in [2.24, 2.45) is 0 Å². The average molecular weight is 283 g/mol. The SMILES string of the molecule is COCCCN(C)CCC(=O)Nc1ccc(F)cc1N. The van der Waals surface area contributed by atoms with Gasteiger partial charge in [-0.1, -0.05) is 0 Å². The summed E-state index contributed by atoms with van der Waals surface area (Å²) in [5, 5.41) is 2.68. The van der Waals surface area contributed by atoms with Crippen molar-refractivity contribution >= 4 is 17.3 Å². The fourth-order valence-corrected chi connectivity index (χ4v) is 1.74. The Morgan fingerprint density at radius 2 is 2.20 bits per heavy atom. The molecule has 0 saturated carbocycles. The minimum atomic E-state index is -0.418. The normalized spacial score (nSPS) is 10.8. The third-order valence-corrected chi connectivity index (χ3v) is 2.90. The number of anilines is 2. The molecule has 0 saturated heterocycles. The van der Waals surface area contributed by atoms with Gasteiger partial charge in [-0.3, -0.25) is 4.79 Å². The second kappa shape index (κ2) is 8.50. The number of nitrogens with one attached hydrogen (secondary N) is 1. The summed E-state index contributed by atoms with van der Waals surface area (Å²) in [6.45, 7) is 2.24. The van der Waals surface area contributed by atoms with Crippen LogP contribution in [0.4, 0.5) is 15.8 Å². The molecule has 1 aromatic rings. The van der Waals surface area contributed by atoms with Crippen LogP contribution in [0.1, 0.15) is 12.8 Å². The molecule has 0 heterocycles. The fourth-order valence-electron chi connectivity index (χ4n) is 1.74. The highest BCUT2D eigenvalue weighted by atomic mass is 19.1. The Morgan fingerprint density at radius 1 is 1.45 bits per heavy atom. The van der Waals surface area contributed by atoms with Crippen LogP contribution < -0.4 is 11.1 Å². The van der Waals surface area contributed by atoms with Crippen LogP contribution in [-0.2, 0) is 9.53 Å². The van der Waals surface area contributed by atoms with E-state index in [9.17, 15) is 9.18 Å². The number of carbonyl (C=O) groups excluding carboxylic acids is 1. The maximum absolute atomic E-state index is 12.9. The second-order valence-electron chi connectivity index (χ2n) is 4.68. The van der Waals surface area contributed by atoms with Crippen molar-refractivity contribution in [3.63, 3.8) is 0 Å². The smallest absolute Gasteiger partial charge is 0.225 e. The lowest BCUT2D eigenvalue weighted by Gasteiger charge is -2.16. The van der Waals surface area contributed by atoms with E-state index >= 15 is 0 Å². The topological polar surface area (TPSA) is 67.6 Å². The molecule has 0 aliphatic rings. The number of rotatable bonds is 8. The molecule has 0 spiro atoms. The number of nitrogens with zero attached hydrogens (tertiary/aromatic N) is 1. The third-order valence-electron chi connectivity index (χ3n) is 2.90. The predicted molar refractivity (Wildman–Crippen MR) is 78.0 cm³/mol. The summed E-state index contributed by atoms with van der Waals surface area (Å²) in [7, 11) is 3.62. The minimum absolute atomic E-state index is 0.137. The van der Waals surface area contributed by atoms with Gasteiger partial charge in [-0.25, -0.2) is 4.39 Å². The first-order chi connectivity index (χ1) is 9.52. The third kappa shape index (κ3) is 5.99. The predicted octanol–water partition coefficient (Wildman–Crippen LogP) is 1.70. The Morgan fingerprint density at radius 3 is 2.85 bits per heavy atom. The van der Waals surface area contributed by atoms with Gasteiger partial charge < -0.3 is 20.7 Å². The maximum atomic E-state index is 12.9. The van der Waals surface area contributed by atoms with Crippen LogP contribution in [0.25, 0.3) is 0 Å². The number of nitrogens with two attached hydrogens (primary N) is 1. The second-order valence-corrected chi connectivity index (χ2v) is 4.68. The average Bonchev–Trinajstić information content (AvgIpc) is 2.40. The molecule has 3 N–H and O–H groups in total. The summed E-state index contributed by atoms with van der Waals surface area (Å²) in [6, 6.07) is 3.92. The molecule has 0 radical (unpaired) electrons. The van der Waals surface area contributed by atoms with Gasteiger partial charge in [0.15, 0.2) is 0 Å². The van der Waals surface area contributed by atoms with E-state index in [1.807, 2.05) is 7.05 Å². The number of benzene rings is 1. The first-order valence-corrected chi connectivity index (χ1v) is 6.55. The number of nitrogen functional groups attached to an aromatic ring is 1. The summed E-state index contributed by atoms with van der Waals surface area (Å²) >= 11 is 0. The highest BCUT2D eigenvalue weighted by molar-refractivity contribution is 5.93. The Balaban J connectivity index is 2.33. The van der Waals surface area contributed by atoms with E-state index < -0.39 is 5.82 Å². The zero-order chi connectivity index (χ0) is 15.0. The summed E-state index contributed by atoms with van der Waals surface area (Å²) in [5.74, 6) is -0.555. The lowest BCUT2D eigenvalue weighted by atomic mass is 10.2. The van der Waals surface area contributed by atoms with Gasteiger partial charge >= 0.3 is 0 Å². The van der Waals surface area contributed by atoms with Crippen molar-refractivity contribution in [3.05, 3.63) is 24.0 Å². The van der Waals surface area contributed by atoms with Crippen LogP contribution in [0.2, 0.25) is 0 Å². The van der Waals surface area contributed by atoms with Crippen molar-refractivity contribution in [1.82, 2.24) is 4.90 Å². The van der Waals surface area contributed by atoms with Crippen molar-refractivity contribution in [1.29, 1.82) is 0 Å². The van der Waals surface area contributed by atoms with Gasteiger partial charge in [-0.05, 0) is 31.7 Å². The van der Waals surface area contributed by atoms with Crippen LogP contribution in [0.15, 0.2) is 18.2 Å². The number of carbonyl (C=O) groups is 1. The Bertz CT molecular complexity index is 440. The van der Waals surface area contributed by atoms with E-state index in [1.54, 1.807) is 7.11 Å². The van der Waals surface area contributed by atoms with Crippen molar-refractivity contribution in [2.45, 2.75) is 12.8 Å². The molecular weight excluding hydrogens is 261 g/mol. The highest BCUT2D eigenvalue weighted by Gasteiger charge is 2.07. The summed E-state index contributed by atoms with van der Waals surface area (Å²) < 4.78 is 17.8. The van der Waals surface area contributed by atoms with Gasteiger partial charge in [0.1, 0.15) is 5.82 Å². The van der Waals surface area contributed by atoms with Crippen LogP contribution in [-0.4, -0.2) is 44.7 Å². The minimum Gasteiger partial charge on any atom is -0.397 e.